The highest BCUT2D eigenvalue weighted by molar-refractivity contribution is 5.97. The fraction of sp³-hybridized carbons (Fsp3) is 0.263. The first kappa shape index (κ1) is 18.4. The van der Waals surface area contributed by atoms with Crippen LogP contribution >= 0.6 is 0 Å². The SMILES string of the molecule is Cc1ccc(N2CC(NC(=O)Nc3ccc([N+](=O)[O-])cc3C)CC2=O)cc1. The molecule has 1 fully saturated rings. The van der Waals surface area contributed by atoms with Crippen LogP contribution in [0.4, 0.5) is 21.9 Å². The highest BCUT2D eigenvalue weighted by Crippen LogP contribution is 2.23. The van der Waals surface area contributed by atoms with Crippen molar-refractivity contribution in [2.24, 2.45) is 0 Å². The molecule has 2 aromatic carbocycles. The van der Waals surface area contributed by atoms with Crippen molar-refractivity contribution < 1.29 is 14.5 Å². The van der Waals surface area contributed by atoms with Gasteiger partial charge in [-0.05, 0) is 37.6 Å². The summed E-state index contributed by atoms with van der Waals surface area (Å²) in [5.41, 5.74) is 2.95. The maximum Gasteiger partial charge on any atom is 0.319 e. The average molecular weight is 368 g/mol. The highest BCUT2D eigenvalue weighted by atomic mass is 16.6. The van der Waals surface area contributed by atoms with Crippen LogP contribution in [-0.2, 0) is 4.79 Å². The van der Waals surface area contributed by atoms with Crippen LogP contribution < -0.4 is 15.5 Å². The van der Waals surface area contributed by atoms with Crippen LogP contribution in [0.5, 0.6) is 0 Å². The van der Waals surface area contributed by atoms with Gasteiger partial charge >= 0.3 is 6.03 Å². The number of carbonyl (C=O) groups excluding carboxylic acids is 2. The number of aryl methyl sites for hydroxylation is 2. The van der Waals surface area contributed by atoms with E-state index in [0.717, 1.165) is 11.3 Å². The molecule has 0 spiro atoms. The van der Waals surface area contributed by atoms with Crippen LogP contribution in [0.2, 0.25) is 0 Å². The van der Waals surface area contributed by atoms with Gasteiger partial charge in [0.15, 0.2) is 0 Å². The summed E-state index contributed by atoms with van der Waals surface area (Å²) in [4.78, 5) is 36.5. The Bertz CT molecular complexity index is 895. The van der Waals surface area contributed by atoms with Gasteiger partial charge in [-0.15, -0.1) is 0 Å². The molecule has 1 atom stereocenters. The number of nitrogens with one attached hydrogen (secondary N) is 2. The maximum atomic E-state index is 12.3. The average Bonchev–Trinajstić information content (AvgIpc) is 2.97. The molecule has 0 aromatic heterocycles. The Morgan fingerprint density at radius 1 is 1.19 bits per heavy atom. The van der Waals surface area contributed by atoms with Gasteiger partial charge < -0.3 is 15.5 Å². The molecular formula is C19H20N4O4. The summed E-state index contributed by atoms with van der Waals surface area (Å²) in [5, 5.41) is 16.2. The lowest BCUT2D eigenvalue weighted by Crippen LogP contribution is -2.39. The van der Waals surface area contributed by atoms with Crippen molar-refractivity contribution in [2.45, 2.75) is 26.3 Å². The Labute approximate surface area is 156 Å². The molecule has 1 saturated heterocycles. The summed E-state index contributed by atoms with van der Waals surface area (Å²) in [6.07, 6.45) is 0.223. The van der Waals surface area contributed by atoms with Crippen molar-refractivity contribution in [1.29, 1.82) is 0 Å². The highest BCUT2D eigenvalue weighted by Gasteiger charge is 2.31. The van der Waals surface area contributed by atoms with Gasteiger partial charge in [-0.25, -0.2) is 4.79 Å². The van der Waals surface area contributed by atoms with Gasteiger partial charge in [-0.2, -0.15) is 0 Å². The van der Waals surface area contributed by atoms with E-state index in [9.17, 15) is 19.7 Å². The second-order valence-electron chi connectivity index (χ2n) is 6.60. The molecule has 0 bridgehead atoms. The third-order valence-electron chi connectivity index (χ3n) is 4.47. The van der Waals surface area contributed by atoms with Crippen LogP contribution in [0.3, 0.4) is 0 Å². The standard InChI is InChI=1S/C19H20N4O4/c1-12-3-5-15(6-4-12)22-11-14(10-18(22)24)20-19(25)21-17-8-7-16(23(26)27)9-13(17)2/h3-9,14H,10-11H2,1-2H3,(H2,20,21,25). The van der Waals surface area contributed by atoms with Gasteiger partial charge in [0, 0.05) is 36.5 Å². The molecule has 8 nitrogen and oxygen atoms in total. The molecule has 0 aliphatic carbocycles. The molecule has 1 unspecified atom stereocenters. The number of non-ortho nitro benzene ring substituents is 1. The summed E-state index contributed by atoms with van der Waals surface area (Å²) in [6, 6.07) is 11.1. The van der Waals surface area contributed by atoms with Crippen molar-refractivity contribution in [3.8, 4) is 0 Å². The zero-order valence-electron chi connectivity index (χ0n) is 15.1. The number of urea groups is 1. The molecule has 1 aliphatic rings. The normalized spacial score (nSPS) is 16.3. The Morgan fingerprint density at radius 2 is 1.89 bits per heavy atom. The van der Waals surface area contributed by atoms with E-state index < -0.39 is 11.0 Å². The number of hydrogen-bond donors (Lipinski definition) is 2. The largest absolute Gasteiger partial charge is 0.333 e. The van der Waals surface area contributed by atoms with E-state index in [1.165, 1.54) is 18.2 Å². The first-order chi connectivity index (χ1) is 12.8. The molecule has 0 saturated carbocycles. The van der Waals surface area contributed by atoms with Crippen molar-refractivity contribution in [2.75, 3.05) is 16.8 Å². The van der Waals surface area contributed by atoms with Gasteiger partial charge in [0.2, 0.25) is 5.91 Å². The number of rotatable bonds is 4. The second-order valence-corrected chi connectivity index (χ2v) is 6.60. The van der Waals surface area contributed by atoms with Crippen LogP contribution in [-0.4, -0.2) is 29.4 Å². The predicted octanol–water partition coefficient (Wildman–Crippen LogP) is 3.14. The molecule has 2 N–H and O–H groups in total. The minimum absolute atomic E-state index is 0.0337. The molecule has 140 valence electrons. The Kier molecular flexibility index (Phi) is 5.07. The first-order valence-corrected chi connectivity index (χ1v) is 8.53. The van der Waals surface area contributed by atoms with Crippen molar-refractivity contribution in [3.63, 3.8) is 0 Å². The fourth-order valence-electron chi connectivity index (χ4n) is 3.02. The maximum absolute atomic E-state index is 12.3. The summed E-state index contributed by atoms with van der Waals surface area (Å²) >= 11 is 0. The molecule has 3 rings (SSSR count). The summed E-state index contributed by atoms with van der Waals surface area (Å²) in [5.74, 6) is -0.0457. The Morgan fingerprint density at radius 3 is 2.52 bits per heavy atom. The van der Waals surface area contributed by atoms with Crippen molar-refractivity contribution in [3.05, 3.63) is 63.7 Å². The minimum Gasteiger partial charge on any atom is -0.333 e. The number of carbonyl (C=O) groups is 2. The third kappa shape index (κ3) is 4.22. The number of nitro groups is 1. The van der Waals surface area contributed by atoms with Gasteiger partial charge in [-0.1, -0.05) is 17.7 Å². The van der Waals surface area contributed by atoms with E-state index in [0.29, 0.717) is 17.8 Å². The zero-order valence-corrected chi connectivity index (χ0v) is 15.1. The monoisotopic (exact) mass is 368 g/mol. The molecule has 8 heteroatoms. The Hall–Kier alpha value is -3.42. The number of nitro benzene ring substituents is 1. The summed E-state index contributed by atoms with van der Waals surface area (Å²) in [6.45, 7) is 4.06. The molecule has 3 amide bonds. The second kappa shape index (κ2) is 7.45. The molecule has 0 radical (unpaired) electrons. The van der Waals surface area contributed by atoms with Gasteiger partial charge in [0.05, 0.1) is 11.0 Å². The van der Waals surface area contributed by atoms with Crippen LogP contribution in [0.25, 0.3) is 0 Å². The molecular weight excluding hydrogens is 348 g/mol. The van der Waals surface area contributed by atoms with Crippen molar-refractivity contribution in [1.82, 2.24) is 5.32 Å². The zero-order chi connectivity index (χ0) is 19.6. The van der Waals surface area contributed by atoms with Crippen LogP contribution in [0, 0.1) is 24.0 Å². The van der Waals surface area contributed by atoms with E-state index in [1.807, 2.05) is 31.2 Å². The Balaban J connectivity index is 1.61. The fourth-order valence-corrected chi connectivity index (χ4v) is 3.02. The quantitative estimate of drug-likeness (QED) is 0.639. The minimum atomic E-state index is -0.485. The lowest BCUT2D eigenvalue weighted by Gasteiger charge is -2.18. The first-order valence-electron chi connectivity index (χ1n) is 8.53. The van der Waals surface area contributed by atoms with E-state index in [2.05, 4.69) is 10.6 Å². The topological polar surface area (TPSA) is 105 Å². The molecule has 1 aliphatic heterocycles. The van der Waals surface area contributed by atoms with E-state index in [-0.39, 0.29) is 24.1 Å². The van der Waals surface area contributed by atoms with Gasteiger partial charge in [-0.3, -0.25) is 14.9 Å². The summed E-state index contributed by atoms with van der Waals surface area (Å²) < 4.78 is 0. The van der Waals surface area contributed by atoms with Gasteiger partial charge in [0.25, 0.3) is 5.69 Å². The van der Waals surface area contributed by atoms with E-state index >= 15 is 0 Å². The van der Waals surface area contributed by atoms with Crippen LogP contribution in [0.1, 0.15) is 17.5 Å². The van der Waals surface area contributed by atoms with E-state index in [1.54, 1.807) is 11.8 Å². The molecule has 2 aromatic rings. The van der Waals surface area contributed by atoms with Crippen molar-refractivity contribution >= 4 is 29.0 Å². The molecule has 1 heterocycles. The number of benzene rings is 2. The van der Waals surface area contributed by atoms with Gasteiger partial charge in [0.1, 0.15) is 0 Å². The number of hydrogen-bond acceptors (Lipinski definition) is 4. The lowest BCUT2D eigenvalue weighted by atomic mass is 10.2. The molecule has 27 heavy (non-hydrogen) atoms. The lowest BCUT2D eigenvalue weighted by molar-refractivity contribution is -0.384. The summed E-state index contributed by atoms with van der Waals surface area (Å²) in [7, 11) is 0. The number of amides is 3. The van der Waals surface area contributed by atoms with Crippen LogP contribution in [0.15, 0.2) is 42.5 Å². The smallest absolute Gasteiger partial charge is 0.319 e. The third-order valence-corrected chi connectivity index (χ3v) is 4.47. The number of nitrogens with zero attached hydrogens (tertiary/aromatic N) is 2. The number of anilines is 2. The predicted molar refractivity (Wildman–Crippen MR) is 102 cm³/mol. The van der Waals surface area contributed by atoms with E-state index in [4.69, 9.17) is 0 Å².